The number of ketones is 1. The summed E-state index contributed by atoms with van der Waals surface area (Å²) in [6.07, 6.45) is 0. The molecule has 0 saturated carbocycles. The quantitative estimate of drug-likeness (QED) is 0.542. The van der Waals surface area contributed by atoms with Gasteiger partial charge < -0.3 is 9.83 Å². The van der Waals surface area contributed by atoms with Crippen LogP contribution in [0.2, 0.25) is 2.82 Å². The number of hydrogen-bond donors (Lipinski definition) is 2. The maximum Gasteiger partial charge on any atom is 0.267 e. The number of hydrogen-bond acceptors (Lipinski definition) is 7. The minimum Gasteiger partial charge on any atom is -0.337 e. The molecule has 0 atom stereocenters. The number of sulfonamides is 1. The Morgan fingerprint density at radius 1 is 1.23 bits per heavy atom. The molecule has 3 aromatic rings. The summed E-state index contributed by atoms with van der Waals surface area (Å²) < 4.78 is 64.3. The lowest BCUT2D eigenvalue weighted by Crippen LogP contribution is -2.20. The second kappa shape index (κ2) is 8.04. The zero-order chi connectivity index (χ0) is 25.7. The Kier molecular flexibility index (Phi) is 4.49. The maximum atomic E-state index is 13.3. The van der Waals surface area contributed by atoms with Gasteiger partial charge in [-0.25, -0.2) is 13.1 Å². The van der Waals surface area contributed by atoms with Crippen molar-refractivity contribution in [1.82, 2.24) is 5.16 Å². The third kappa shape index (κ3) is 4.14. The van der Waals surface area contributed by atoms with E-state index in [1.165, 1.54) is 33.1 Å². The van der Waals surface area contributed by atoms with Crippen LogP contribution >= 0.6 is 11.3 Å². The van der Waals surface area contributed by atoms with Gasteiger partial charge in [0.05, 0.1) is 14.1 Å². The van der Waals surface area contributed by atoms with Gasteiger partial charge in [0.1, 0.15) is 9.77 Å². The largest absolute Gasteiger partial charge is 0.337 e. The molecule has 1 amide bonds. The molecule has 0 radical (unpaired) electrons. The Morgan fingerprint density at radius 3 is 2.53 bits per heavy atom. The van der Waals surface area contributed by atoms with Crippen LogP contribution in [0, 0.1) is 27.7 Å². The van der Waals surface area contributed by atoms with E-state index >= 15 is 0 Å². The molecule has 2 heterocycles. The topological polar surface area (TPSA) is 118 Å². The Bertz CT molecular complexity index is 1430. The number of anilines is 2. The lowest BCUT2D eigenvalue weighted by molar-refractivity contribution is 0.101. The number of thiophene rings is 1. The number of amides is 1. The van der Waals surface area contributed by atoms with Crippen molar-refractivity contribution in [3.05, 3.63) is 56.4 Å². The van der Waals surface area contributed by atoms with Gasteiger partial charge in [-0.2, -0.15) is 0 Å². The van der Waals surface area contributed by atoms with E-state index in [-0.39, 0.29) is 49.9 Å². The van der Waals surface area contributed by atoms with Gasteiger partial charge >= 0.3 is 0 Å². The summed E-state index contributed by atoms with van der Waals surface area (Å²) in [5.41, 5.74) is 0.582. The van der Waals surface area contributed by atoms with Gasteiger partial charge in [0.15, 0.2) is 8.61 Å². The summed E-state index contributed by atoms with van der Waals surface area (Å²) in [6, 6.07) is 0.735. The molecule has 0 bridgehead atoms. The first-order valence-electron chi connectivity index (χ1n) is 10.6. The van der Waals surface area contributed by atoms with Crippen molar-refractivity contribution in [2.24, 2.45) is 0 Å². The predicted octanol–water partition coefficient (Wildman–Crippen LogP) is 4.23. The number of nitrogens with one attached hydrogen (secondary N) is 2. The molecule has 158 valence electrons. The SMILES string of the molecule is [2H]c1c(C)c([2H])c(C(C)=O)c(N([2H])C(=O)c2sccc2S(=O)(=O)N([2H])c2onc(C)c2C)c1C. The number of aryl methyl sites for hydroxylation is 1. The molecule has 30 heavy (non-hydrogen) atoms. The first-order valence-corrected chi connectivity index (χ1v) is 11.0. The molecule has 0 aliphatic heterocycles. The summed E-state index contributed by atoms with van der Waals surface area (Å²) in [4.78, 5) is 24.6. The minimum absolute atomic E-state index is 0.109. The van der Waals surface area contributed by atoms with Crippen molar-refractivity contribution in [3.8, 4) is 0 Å². The van der Waals surface area contributed by atoms with Crippen LogP contribution in [-0.2, 0) is 10.0 Å². The zero-order valence-corrected chi connectivity index (χ0v) is 18.5. The van der Waals surface area contributed by atoms with Gasteiger partial charge in [-0.3, -0.25) is 9.59 Å². The van der Waals surface area contributed by atoms with Crippen molar-refractivity contribution in [2.75, 3.05) is 10.0 Å². The van der Waals surface area contributed by atoms with Crippen LogP contribution in [0.3, 0.4) is 0 Å². The number of rotatable bonds is 6. The molecule has 2 aromatic heterocycles. The summed E-state index contributed by atoms with van der Waals surface area (Å²) in [6.45, 7) is 7.22. The Balaban J connectivity index is 2.13. The summed E-state index contributed by atoms with van der Waals surface area (Å²) in [7, 11) is -4.60. The van der Waals surface area contributed by atoms with Crippen LogP contribution < -0.4 is 10.0 Å². The molecule has 0 fully saturated rings. The van der Waals surface area contributed by atoms with Gasteiger partial charge in [-0.05, 0) is 63.2 Å². The number of carbonyl (C=O) groups is 2. The molecule has 10 heteroatoms. The van der Waals surface area contributed by atoms with E-state index in [1.54, 1.807) is 6.92 Å². The van der Waals surface area contributed by atoms with Crippen LogP contribution in [0.15, 0.2) is 32.9 Å². The fourth-order valence-electron chi connectivity index (χ4n) is 2.66. The molecule has 3 rings (SSSR count). The van der Waals surface area contributed by atoms with E-state index in [0.717, 1.165) is 17.4 Å². The monoisotopic (exact) mass is 451 g/mol. The number of nitrogens with zero attached hydrogens (tertiary/aromatic N) is 1. The second-order valence-electron chi connectivity index (χ2n) is 6.58. The summed E-state index contributed by atoms with van der Waals surface area (Å²) in [5.74, 6) is -2.01. The van der Waals surface area contributed by atoms with Gasteiger partial charge in [0.2, 0.25) is 5.88 Å². The molecule has 2 N–H and O–H groups in total. The van der Waals surface area contributed by atoms with Crippen molar-refractivity contribution in [3.63, 3.8) is 0 Å². The van der Waals surface area contributed by atoms with Crippen molar-refractivity contribution in [2.45, 2.75) is 39.5 Å². The smallest absolute Gasteiger partial charge is 0.267 e. The van der Waals surface area contributed by atoms with Crippen LogP contribution in [0.25, 0.3) is 0 Å². The Labute approximate surface area is 184 Å². The third-order valence-corrected chi connectivity index (χ3v) is 6.62. The normalized spacial score (nSPS) is 13.2. The second-order valence-corrected chi connectivity index (χ2v) is 9.06. The van der Waals surface area contributed by atoms with E-state index in [2.05, 4.69) is 5.16 Å². The molecule has 0 aliphatic carbocycles. The van der Waals surface area contributed by atoms with Crippen LogP contribution in [0.1, 0.15) is 52.1 Å². The molecule has 0 spiro atoms. The van der Waals surface area contributed by atoms with Crippen molar-refractivity contribution < 1.29 is 28.1 Å². The van der Waals surface area contributed by atoms with Gasteiger partial charge in [0, 0.05) is 11.1 Å². The zero-order valence-electron chi connectivity index (χ0n) is 20.9. The highest BCUT2D eigenvalue weighted by atomic mass is 32.2. The Morgan fingerprint density at radius 2 is 1.93 bits per heavy atom. The summed E-state index contributed by atoms with van der Waals surface area (Å²) >= 11 is 0.736. The summed E-state index contributed by atoms with van der Waals surface area (Å²) in [5, 5.41) is 5.29. The van der Waals surface area contributed by atoms with E-state index in [9.17, 15) is 18.0 Å². The number of benzene rings is 1. The first kappa shape index (κ1) is 16.8. The van der Waals surface area contributed by atoms with Crippen molar-refractivity contribution >= 4 is 44.6 Å². The highest BCUT2D eigenvalue weighted by molar-refractivity contribution is 7.93. The molecular formula is C20H21N3O5S2. The van der Waals surface area contributed by atoms with Gasteiger partial charge in [-0.15, -0.1) is 11.3 Å². The van der Waals surface area contributed by atoms with Crippen LogP contribution in [-0.4, -0.2) is 25.3 Å². The van der Waals surface area contributed by atoms with E-state index in [0.29, 0.717) is 16.6 Å². The lowest BCUT2D eigenvalue weighted by atomic mass is 10.0. The predicted molar refractivity (Wildman–Crippen MR) is 115 cm³/mol. The molecule has 1 aromatic carbocycles. The van der Waals surface area contributed by atoms with E-state index < -0.39 is 26.6 Å². The first-order chi connectivity index (χ1) is 15.7. The fraction of sp³-hybridized carbons (Fsp3) is 0.250. The number of aromatic nitrogens is 1. The minimum atomic E-state index is -4.60. The Hall–Kier alpha value is -2.98. The van der Waals surface area contributed by atoms with E-state index in [4.69, 9.17) is 10.1 Å². The fourth-order valence-corrected chi connectivity index (χ4v) is 4.92. The molecule has 0 unspecified atom stereocenters. The highest BCUT2D eigenvalue weighted by Crippen LogP contribution is 2.29. The average molecular weight is 452 g/mol. The molecule has 0 aliphatic rings. The molecular weight excluding hydrogens is 426 g/mol. The molecule has 8 nitrogen and oxygen atoms in total. The van der Waals surface area contributed by atoms with Gasteiger partial charge in [-0.1, -0.05) is 11.2 Å². The van der Waals surface area contributed by atoms with E-state index in [1.807, 2.05) is 0 Å². The maximum absolute atomic E-state index is 13.3. The highest BCUT2D eigenvalue weighted by Gasteiger charge is 2.27. The molecule has 0 saturated heterocycles. The lowest BCUT2D eigenvalue weighted by Gasteiger charge is -2.14. The van der Waals surface area contributed by atoms with Crippen LogP contribution in [0.5, 0.6) is 0 Å². The standard InChI is InChI=1S/C20H21N3O5S2/c1-10-8-11(2)17(15(9-10)14(5)24)21-19(25)18-16(6-7-29-18)30(26,27)23-20-12(3)13(4)22-28-20/h6-9,23H,1-5H3,(H,21,25)/i8D,9D/hD2. The average Bonchev–Trinajstić information content (AvgIpc) is 3.40. The van der Waals surface area contributed by atoms with Crippen molar-refractivity contribution in [1.29, 1.82) is 0 Å². The number of carbonyl (C=O) groups excluding carboxylic acids is 2. The number of Topliss-reactive ketones (excluding diaryl/α,β-unsaturated/α-hetero) is 1. The van der Waals surface area contributed by atoms with Gasteiger partial charge in [0.25, 0.3) is 15.9 Å². The van der Waals surface area contributed by atoms with Crippen LogP contribution in [0.4, 0.5) is 11.6 Å². The third-order valence-electron chi connectivity index (χ3n) is 4.28.